The number of rotatable bonds is 0. The quantitative estimate of drug-likeness (QED) is 0.304. The van der Waals surface area contributed by atoms with E-state index in [4.69, 9.17) is 15.3 Å². The van der Waals surface area contributed by atoms with E-state index in [0.29, 0.717) is 0 Å². The minimum Gasteiger partial charge on any atom is -0.481 e. The van der Waals surface area contributed by atoms with Crippen LogP contribution in [0.1, 0.15) is 33.1 Å². The number of carboxylic acid groups (broad SMARTS) is 1. The first-order valence-electron chi connectivity index (χ1n) is 5.88. The van der Waals surface area contributed by atoms with Crippen LogP contribution in [0.4, 0.5) is 0 Å². The molecule has 0 aromatic carbocycles. The first kappa shape index (κ1) is 18.3. The van der Waals surface area contributed by atoms with Gasteiger partial charge in [0.2, 0.25) is 0 Å². The second kappa shape index (κ2) is 9.04. The van der Waals surface area contributed by atoms with Crippen molar-refractivity contribution in [2.75, 3.05) is 0 Å². The fraction of sp³-hybridized carbons (Fsp3) is 0.818. The zero-order valence-electron chi connectivity index (χ0n) is 11.4. The smallest absolute Gasteiger partial charge is 0.300 e. The summed E-state index contributed by atoms with van der Waals surface area (Å²) in [5.74, 6) is -1.17. The molecule has 17 heavy (non-hydrogen) atoms. The monoisotopic (exact) mass is 261 g/mol. The number of hydrogen-bond donors (Lipinski definition) is 4. The van der Waals surface area contributed by atoms with Crippen molar-refractivity contribution in [1.29, 1.82) is 5.41 Å². The molecule has 1 atom stereocenters. The third-order valence-electron chi connectivity index (χ3n) is 3.04. The van der Waals surface area contributed by atoms with Crippen molar-refractivity contribution >= 4 is 20.0 Å². The lowest BCUT2D eigenvalue weighted by molar-refractivity contribution is -0.134. The Morgan fingerprint density at radius 2 is 1.71 bits per heavy atom. The van der Waals surface area contributed by atoms with Crippen LogP contribution in [0.2, 0.25) is 24.7 Å². The van der Waals surface area contributed by atoms with Crippen LogP contribution in [0, 0.1) is 5.41 Å². The average molecular weight is 261 g/mol. The van der Waals surface area contributed by atoms with Crippen LogP contribution in [0.5, 0.6) is 0 Å². The van der Waals surface area contributed by atoms with E-state index in [1.165, 1.54) is 19.3 Å². The minimum atomic E-state index is -0.833. The predicted octanol–water partition coefficient (Wildman–Crippen LogP) is 2.20. The molecule has 1 fully saturated rings. The summed E-state index contributed by atoms with van der Waals surface area (Å²) in [5.41, 5.74) is 10.0. The molecule has 5 nitrogen and oxygen atoms in total. The minimum absolute atomic E-state index is 0.333. The topological polar surface area (TPSA) is 113 Å². The summed E-state index contributed by atoms with van der Waals surface area (Å²) in [6, 6.07) is 1.58. The molecule has 0 bridgehead atoms. The number of carboxylic acids is 1. The molecular weight excluding hydrogens is 234 g/mol. The Balaban J connectivity index is 0. The van der Waals surface area contributed by atoms with Gasteiger partial charge in [0.25, 0.3) is 5.97 Å². The van der Waals surface area contributed by atoms with E-state index >= 15 is 0 Å². The fourth-order valence-corrected chi connectivity index (χ4v) is 4.31. The Kier molecular flexibility index (Phi) is 9.74. The van der Waals surface area contributed by atoms with Gasteiger partial charge in [0, 0.05) is 6.92 Å². The van der Waals surface area contributed by atoms with Crippen LogP contribution < -0.4 is 11.5 Å². The highest BCUT2D eigenvalue weighted by molar-refractivity contribution is 6.78. The van der Waals surface area contributed by atoms with Gasteiger partial charge in [-0.05, 0) is 5.54 Å². The first-order chi connectivity index (χ1) is 7.59. The number of hydrogen-bond acceptors (Lipinski definition) is 2. The molecule has 102 valence electrons. The lowest BCUT2D eigenvalue weighted by Gasteiger charge is -2.34. The van der Waals surface area contributed by atoms with Crippen molar-refractivity contribution in [2.24, 2.45) is 11.5 Å². The van der Waals surface area contributed by atoms with Crippen molar-refractivity contribution in [1.82, 2.24) is 0 Å². The maximum atomic E-state index is 9.00. The zero-order valence-corrected chi connectivity index (χ0v) is 12.4. The van der Waals surface area contributed by atoms with Crippen molar-refractivity contribution in [3.05, 3.63) is 0 Å². The number of carbonyl (C=O) groups is 1. The zero-order chi connectivity index (χ0) is 14.1. The van der Waals surface area contributed by atoms with Gasteiger partial charge < -0.3 is 16.6 Å². The SMILES string of the molecule is CC(=O)O.CC1CCCC[Si]1(C)C.N=C(N)N. The Labute approximate surface area is 105 Å². The van der Waals surface area contributed by atoms with Gasteiger partial charge >= 0.3 is 0 Å². The van der Waals surface area contributed by atoms with Crippen LogP contribution in [-0.4, -0.2) is 25.1 Å². The molecule has 1 aliphatic heterocycles. The number of nitrogens with one attached hydrogen (secondary N) is 1. The molecule has 0 aromatic rings. The van der Waals surface area contributed by atoms with E-state index in [9.17, 15) is 0 Å². The van der Waals surface area contributed by atoms with E-state index < -0.39 is 14.0 Å². The highest BCUT2D eigenvalue weighted by Gasteiger charge is 2.30. The first-order valence-corrected chi connectivity index (χ1v) is 9.17. The van der Waals surface area contributed by atoms with Gasteiger partial charge in [-0.2, -0.15) is 0 Å². The molecule has 0 amide bonds. The van der Waals surface area contributed by atoms with Gasteiger partial charge in [-0.25, -0.2) is 0 Å². The molecular formula is C11H27N3O2Si. The van der Waals surface area contributed by atoms with Crippen LogP contribution in [0.25, 0.3) is 0 Å². The van der Waals surface area contributed by atoms with Gasteiger partial charge in [-0.1, -0.05) is 45.3 Å². The van der Waals surface area contributed by atoms with E-state index in [-0.39, 0.29) is 5.96 Å². The van der Waals surface area contributed by atoms with Crippen molar-refractivity contribution < 1.29 is 9.90 Å². The van der Waals surface area contributed by atoms with E-state index in [1.54, 1.807) is 6.04 Å². The maximum absolute atomic E-state index is 9.00. The van der Waals surface area contributed by atoms with Gasteiger partial charge in [-0.3, -0.25) is 10.2 Å². The Hall–Kier alpha value is -1.04. The van der Waals surface area contributed by atoms with E-state index in [2.05, 4.69) is 31.5 Å². The lowest BCUT2D eigenvalue weighted by atomic mass is 10.2. The largest absolute Gasteiger partial charge is 0.481 e. The summed E-state index contributed by atoms with van der Waals surface area (Å²) < 4.78 is 0. The van der Waals surface area contributed by atoms with Crippen molar-refractivity contribution in [2.45, 2.75) is 57.8 Å². The average Bonchev–Trinajstić information content (AvgIpc) is 2.08. The molecule has 0 aromatic heterocycles. The van der Waals surface area contributed by atoms with Crippen LogP contribution in [0.3, 0.4) is 0 Å². The summed E-state index contributed by atoms with van der Waals surface area (Å²) in [7, 11) is -0.694. The summed E-state index contributed by atoms with van der Waals surface area (Å²) >= 11 is 0. The van der Waals surface area contributed by atoms with Gasteiger partial charge in [0.15, 0.2) is 5.96 Å². The van der Waals surface area contributed by atoms with Crippen LogP contribution >= 0.6 is 0 Å². The fourth-order valence-electron chi connectivity index (χ4n) is 1.67. The van der Waals surface area contributed by atoms with Crippen LogP contribution in [-0.2, 0) is 4.79 Å². The standard InChI is InChI=1S/C8H18Si.C2H4O2.CH5N3/c1-8-6-4-5-7-9(8,2)3;1-2(3)4;2-1(3)4/h8H,4-7H2,1-3H3;1H3,(H,3,4);(H5,2,3,4). The molecule has 1 heterocycles. The third kappa shape index (κ3) is 15.0. The lowest BCUT2D eigenvalue weighted by Crippen LogP contribution is -2.33. The molecule has 1 rings (SSSR count). The van der Waals surface area contributed by atoms with Crippen molar-refractivity contribution in [3.8, 4) is 0 Å². The number of aliphatic carboxylic acids is 1. The third-order valence-corrected chi connectivity index (χ3v) is 7.64. The molecule has 6 heteroatoms. The molecule has 1 saturated heterocycles. The molecule has 1 aliphatic rings. The number of nitrogens with two attached hydrogens (primary N) is 2. The summed E-state index contributed by atoms with van der Waals surface area (Å²) in [6.07, 6.45) is 4.53. The van der Waals surface area contributed by atoms with Gasteiger partial charge in [0.05, 0.1) is 8.07 Å². The van der Waals surface area contributed by atoms with E-state index in [1.807, 2.05) is 0 Å². The highest BCUT2D eigenvalue weighted by atomic mass is 28.3. The maximum Gasteiger partial charge on any atom is 0.300 e. The van der Waals surface area contributed by atoms with Gasteiger partial charge in [0.1, 0.15) is 0 Å². The summed E-state index contributed by atoms with van der Waals surface area (Å²) in [6.45, 7) is 8.61. The molecule has 1 unspecified atom stereocenters. The molecule has 0 aliphatic carbocycles. The predicted molar refractivity (Wildman–Crippen MR) is 75.0 cm³/mol. The second-order valence-corrected chi connectivity index (χ2v) is 10.6. The summed E-state index contributed by atoms with van der Waals surface area (Å²) in [5, 5.41) is 13.5. The highest BCUT2D eigenvalue weighted by Crippen LogP contribution is 2.36. The molecule has 0 saturated carbocycles. The normalized spacial score (nSPS) is 21.1. The van der Waals surface area contributed by atoms with E-state index in [0.717, 1.165) is 12.5 Å². The van der Waals surface area contributed by atoms with Gasteiger partial charge in [-0.15, -0.1) is 0 Å². The van der Waals surface area contributed by atoms with Crippen molar-refractivity contribution in [3.63, 3.8) is 0 Å². The number of guanidine groups is 1. The second-order valence-electron chi connectivity index (χ2n) is 5.11. The Morgan fingerprint density at radius 3 is 1.88 bits per heavy atom. The molecule has 6 N–H and O–H groups in total. The molecule has 0 spiro atoms. The molecule has 0 radical (unpaired) electrons. The summed E-state index contributed by atoms with van der Waals surface area (Å²) in [4.78, 5) is 9.00. The Bertz CT molecular complexity index is 225. The Morgan fingerprint density at radius 1 is 1.35 bits per heavy atom. The van der Waals surface area contributed by atoms with Crippen LogP contribution in [0.15, 0.2) is 0 Å².